The lowest BCUT2D eigenvalue weighted by atomic mass is 10.0. The average molecular weight is 431 g/mol. The number of benzene rings is 3. The number of hydrogen-bond donors (Lipinski definition) is 1. The molecule has 1 aromatic heterocycles. The van der Waals surface area contributed by atoms with Gasteiger partial charge in [-0.3, -0.25) is 4.79 Å². The zero-order chi connectivity index (χ0) is 22.5. The highest BCUT2D eigenvalue weighted by Crippen LogP contribution is 2.30. The molecule has 1 N–H and O–H groups in total. The predicted octanol–water partition coefficient (Wildman–Crippen LogP) is 3.88. The Morgan fingerprint density at radius 2 is 1.75 bits per heavy atom. The first kappa shape index (κ1) is 21.2. The zero-order valence-electron chi connectivity index (χ0n) is 18.2. The molecular weight excluding hydrogens is 406 g/mol. The van der Waals surface area contributed by atoms with Crippen LogP contribution in [0.4, 0.5) is 0 Å². The maximum atomic E-state index is 12.9. The summed E-state index contributed by atoms with van der Waals surface area (Å²) in [6.45, 7) is -0.129. The van der Waals surface area contributed by atoms with Crippen LogP contribution >= 0.6 is 0 Å². The van der Waals surface area contributed by atoms with Crippen molar-refractivity contribution in [1.29, 1.82) is 0 Å². The average Bonchev–Trinajstić information content (AvgIpc) is 3.26. The van der Waals surface area contributed by atoms with Crippen molar-refractivity contribution >= 4 is 16.7 Å². The van der Waals surface area contributed by atoms with Gasteiger partial charge in [-0.25, -0.2) is 4.98 Å². The van der Waals surface area contributed by atoms with Gasteiger partial charge in [-0.2, -0.15) is 0 Å². The summed E-state index contributed by atoms with van der Waals surface area (Å²) in [6, 6.07) is 18.7. The summed E-state index contributed by atoms with van der Waals surface area (Å²) >= 11 is 0. The fourth-order valence-electron chi connectivity index (χ4n) is 3.62. The molecule has 0 radical (unpaired) electrons. The molecule has 0 fully saturated rings. The lowest BCUT2D eigenvalue weighted by molar-refractivity contribution is -0.123. The minimum absolute atomic E-state index is 0.129. The van der Waals surface area contributed by atoms with E-state index in [1.54, 1.807) is 26.5 Å². The molecule has 0 spiro atoms. The first-order valence-corrected chi connectivity index (χ1v) is 10.2. The van der Waals surface area contributed by atoms with E-state index in [-0.39, 0.29) is 12.5 Å². The number of methoxy groups -OCH3 is 2. The van der Waals surface area contributed by atoms with Gasteiger partial charge in [-0.05, 0) is 29.1 Å². The molecule has 1 amide bonds. The third kappa shape index (κ3) is 4.51. The minimum atomic E-state index is -0.511. The van der Waals surface area contributed by atoms with Crippen LogP contribution in [0.3, 0.4) is 0 Å². The number of ether oxygens (including phenoxy) is 3. The molecule has 0 unspecified atom stereocenters. The van der Waals surface area contributed by atoms with Crippen LogP contribution in [0.15, 0.2) is 73.1 Å². The molecule has 1 atom stereocenters. The molecule has 0 aliphatic rings. The van der Waals surface area contributed by atoms with Crippen LogP contribution in [0.5, 0.6) is 17.2 Å². The van der Waals surface area contributed by atoms with E-state index in [0.29, 0.717) is 23.1 Å². The van der Waals surface area contributed by atoms with E-state index in [1.807, 2.05) is 72.4 Å². The summed E-state index contributed by atoms with van der Waals surface area (Å²) in [5, 5.41) is 5.05. The van der Waals surface area contributed by atoms with Crippen molar-refractivity contribution in [1.82, 2.24) is 14.9 Å². The number of nitrogens with zero attached hydrogens (tertiary/aromatic N) is 2. The molecule has 0 aliphatic carbocycles. The van der Waals surface area contributed by atoms with E-state index < -0.39 is 6.04 Å². The maximum Gasteiger partial charge on any atom is 0.258 e. The van der Waals surface area contributed by atoms with Crippen molar-refractivity contribution in [2.75, 3.05) is 20.8 Å². The van der Waals surface area contributed by atoms with Crippen molar-refractivity contribution in [2.24, 2.45) is 7.05 Å². The van der Waals surface area contributed by atoms with Gasteiger partial charge in [-0.1, -0.05) is 36.4 Å². The van der Waals surface area contributed by atoms with E-state index in [4.69, 9.17) is 14.2 Å². The fourth-order valence-corrected chi connectivity index (χ4v) is 3.62. The lowest BCUT2D eigenvalue weighted by Gasteiger charge is -2.21. The van der Waals surface area contributed by atoms with Gasteiger partial charge in [0, 0.05) is 30.9 Å². The number of fused-ring (bicyclic) bond motifs is 1. The quantitative estimate of drug-likeness (QED) is 0.458. The van der Waals surface area contributed by atoms with E-state index in [0.717, 1.165) is 16.3 Å². The Morgan fingerprint density at radius 1 is 1.03 bits per heavy atom. The Bertz CT molecular complexity index is 1210. The topological polar surface area (TPSA) is 74.6 Å². The van der Waals surface area contributed by atoms with Gasteiger partial charge in [0.15, 0.2) is 6.61 Å². The van der Waals surface area contributed by atoms with Gasteiger partial charge in [-0.15, -0.1) is 0 Å². The van der Waals surface area contributed by atoms with E-state index >= 15 is 0 Å². The molecule has 32 heavy (non-hydrogen) atoms. The van der Waals surface area contributed by atoms with Crippen LogP contribution in [0, 0.1) is 0 Å². The van der Waals surface area contributed by atoms with Crippen molar-refractivity contribution in [3.05, 3.63) is 84.4 Å². The number of nitrogens with one attached hydrogen (secondary N) is 1. The smallest absolute Gasteiger partial charge is 0.258 e. The molecule has 0 aliphatic heterocycles. The van der Waals surface area contributed by atoms with Crippen molar-refractivity contribution in [3.8, 4) is 17.2 Å². The molecule has 7 heteroatoms. The summed E-state index contributed by atoms with van der Waals surface area (Å²) in [6.07, 6.45) is 3.52. The second-order valence-corrected chi connectivity index (χ2v) is 7.31. The number of rotatable bonds is 8. The largest absolute Gasteiger partial charge is 0.497 e. The normalized spacial score (nSPS) is 11.7. The molecule has 0 bridgehead atoms. The van der Waals surface area contributed by atoms with Crippen LogP contribution in [0.25, 0.3) is 10.8 Å². The summed E-state index contributed by atoms with van der Waals surface area (Å²) in [7, 11) is 5.06. The first-order chi connectivity index (χ1) is 15.6. The first-order valence-electron chi connectivity index (χ1n) is 10.2. The Morgan fingerprint density at radius 3 is 2.44 bits per heavy atom. The molecule has 0 saturated carbocycles. The molecule has 1 heterocycles. The number of amides is 1. The van der Waals surface area contributed by atoms with Crippen molar-refractivity contribution < 1.29 is 19.0 Å². The summed E-state index contributed by atoms with van der Waals surface area (Å²) < 4.78 is 18.5. The van der Waals surface area contributed by atoms with E-state index in [2.05, 4.69) is 10.3 Å². The van der Waals surface area contributed by atoms with Gasteiger partial charge in [0.1, 0.15) is 29.1 Å². The molecule has 7 nitrogen and oxygen atoms in total. The monoisotopic (exact) mass is 431 g/mol. The molecule has 4 aromatic rings. The van der Waals surface area contributed by atoms with Gasteiger partial charge in [0.2, 0.25) is 0 Å². The second-order valence-electron chi connectivity index (χ2n) is 7.31. The van der Waals surface area contributed by atoms with Crippen molar-refractivity contribution in [3.63, 3.8) is 0 Å². The van der Waals surface area contributed by atoms with Crippen LogP contribution in [-0.2, 0) is 11.8 Å². The fraction of sp³-hybridized carbons (Fsp3) is 0.200. The molecule has 0 saturated heterocycles. The van der Waals surface area contributed by atoms with Crippen LogP contribution in [0.2, 0.25) is 0 Å². The molecule has 4 rings (SSSR count). The highest BCUT2D eigenvalue weighted by molar-refractivity contribution is 5.88. The van der Waals surface area contributed by atoms with Crippen LogP contribution in [-0.4, -0.2) is 36.3 Å². The van der Waals surface area contributed by atoms with E-state index in [9.17, 15) is 4.79 Å². The SMILES string of the molecule is COc1cc(OC)cc([C@H](NC(=O)COc2cccc3ccccc23)c2nccn2C)c1. The summed E-state index contributed by atoms with van der Waals surface area (Å²) in [5.74, 6) is 2.32. The van der Waals surface area contributed by atoms with E-state index in [1.165, 1.54) is 0 Å². The second kappa shape index (κ2) is 9.43. The number of aromatic nitrogens is 2. The number of hydrogen-bond acceptors (Lipinski definition) is 5. The third-order valence-corrected chi connectivity index (χ3v) is 5.24. The Hall–Kier alpha value is -4.00. The van der Waals surface area contributed by atoms with Gasteiger partial charge in [0.05, 0.1) is 14.2 Å². The van der Waals surface area contributed by atoms with Gasteiger partial charge < -0.3 is 24.1 Å². The molecule has 3 aromatic carbocycles. The Labute approximate surface area is 186 Å². The lowest BCUT2D eigenvalue weighted by Crippen LogP contribution is -2.34. The van der Waals surface area contributed by atoms with Crippen molar-refractivity contribution in [2.45, 2.75) is 6.04 Å². The highest BCUT2D eigenvalue weighted by Gasteiger charge is 2.22. The van der Waals surface area contributed by atoms with Crippen LogP contribution < -0.4 is 19.5 Å². The number of imidazole rings is 1. The molecular formula is C25H25N3O4. The number of carbonyl (C=O) groups is 1. The Kier molecular flexibility index (Phi) is 6.26. The highest BCUT2D eigenvalue weighted by atomic mass is 16.5. The zero-order valence-corrected chi connectivity index (χ0v) is 18.2. The third-order valence-electron chi connectivity index (χ3n) is 5.24. The van der Waals surface area contributed by atoms with Crippen LogP contribution in [0.1, 0.15) is 17.4 Å². The maximum absolute atomic E-state index is 12.9. The minimum Gasteiger partial charge on any atom is -0.497 e. The number of carbonyl (C=O) groups excluding carboxylic acids is 1. The molecule has 164 valence electrons. The summed E-state index contributed by atoms with van der Waals surface area (Å²) in [5.41, 5.74) is 0.786. The van der Waals surface area contributed by atoms with Gasteiger partial charge in [0.25, 0.3) is 5.91 Å². The number of aryl methyl sites for hydroxylation is 1. The van der Waals surface area contributed by atoms with Gasteiger partial charge >= 0.3 is 0 Å². The summed E-state index contributed by atoms with van der Waals surface area (Å²) in [4.78, 5) is 17.4. The Balaban J connectivity index is 1.58. The standard InChI is InChI=1S/C25H25N3O4/c1-28-12-11-26-25(28)24(18-13-19(30-2)15-20(14-18)31-3)27-23(29)16-32-22-10-6-8-17-7-4-5-9-21(17)22/h4-15,24H,16H2,1-3H3,(H,27,29)/t24-/m0/s1. The predicted molar refractivity (Wildman–Crippen MR) is 122 cm³/mol.